The van der Waals surface area contributed by atoms with E-state index in [1.807, 2.05) is 54.6 Å². The van der Waals surface area contributed by atoms with E-state index < -0.39 is 0 Å². The van der Waals surface area contributed by atoms with Crippen LogP contribution in [0.3, 0.4) is 0 Å². The summed E-state index contributed by atoms with van der Waals surface area (Å²) in [5.41, 5.74) is 2.88. The third-order valence-corrected chi connectivity index (χ3v) is 4.52. The number of benzene rings is 2. The number of amides is 1. The van der Waals surface area contributed by atoms with E-state index in [4.69, 9.17) is 0 Å². The van der Waals surface area contributed by atoms with Gasteiger partial charge in [-0.15, -0.1) is 0 Å². The van der Waals surface area contributed by atoms with Crippen molar-refractivity contribution in [1.82, 2.24) is 15.5 Å². The Bertz CT molecular complexity index is 775. The Kier molecular flexibility index (Phi) is 8.49. The van der Waals surface area contributed by atoms with Gasteiger partial charge in [0.25, 0.3) is 5.91 Å². The van der Waals surface area contributed by atoms with Crippen LogP contribution in [0.15, 0.2) is 59.6 Å². The van der Waals surface area contributed by atoms with Crippen molar-refractivity contribution in [3.63, 3.8) is 0 Å². The lowest BCUT2D eigenvalue weighted by molar-refractivity contribution is 0.0827. The molecule has 6 heteroatoms. The van der Waals surface area contributed by atoms with Crippen molar-refractivity contribution in [2.45, 2.75) is 12.3 Å². The zero-order chi connectivity index (χ0) is 20.4. The first-order valence-corrected chi connectivity index (χ1v) is 9.46. The molecule has 0 spiro atoms. The fraction of sp³-hybridized carbons (Fsp3) is 0.364. The van der Waals surface area contributed by atoms with E-state index in [0.717, 1.165) is 17.5 Å². The maximum atomic E-state index is 12.1. The summed E-state index contributed by atoms with van der Waals surface area (Å²) in [4.78, 5) is 17.9. The summed E-state index contributed by atoms with van der Waals surface area (Å²) in [7, 11) is 5.23. The largest absolute Gasteiger partial charge is 0.396 e. The van der Waals surface area contributed by atoms with Gasteiger partial charge in [-0.25, -0.2) is 0 Å². The number of aliphatic imine (C=N–C) groups is 1. The molecule has 1 amide bonds. The van der Waals surface area contributed by atoms with Crippen LogP contribution in [-0.2, 0) is 6.42 Å². The van der Waals surface area contributed by atoms with Gasteiger partial charge in [0.2, 0.25) is 0 Å². The summed E-state index contributed by atoms with van der Waals surface area (Å²) in [5.74, 6) is 0.701. The van der Waals surface area contributed by atoms with Crippen molar-refractivity contribution in [3.05, 3.63) is 71.3 Å². The van der Waals surface area contributed by atoms with Gasteiger partial charge in [0.05, 0.1) is 6.61 Å². The molecule has 3 N–H and O–H groups in total. The topological polar surface area (TPSA) is 77.0 Å². The lowest BCUT2D eigenvalue weighted by atomic mass is 10.0. The Hall–Kier alpha value is -2.86. The zero-order valence-electron chi connectivity index (χ0n) is 16.9. The van der Waals surface area contributed by atoms with Crippen molar-refractivity contribution in [1.29, 1.82) is 0 Å². The van der Waals surface area contributed by atoms with Crippen LogP contribution < -0.4 is 10.6 Å². The highest BCUT2D eigenvalue weighted by molar-refractivity contribution is 5.94. The summed E-state index contributed by atoms with van der Waals surface area (Å²) in [6.45, 7) is 1.35. The maximum absolute atomic E-state index is 12.1. The summed E-state index contributed by atoms with van der Waals surface area (Å²) in [6, 6.07) is 17.6. The summed E-state index contributed by atoms with van der Waals surface area (Å²) < 4.78 is 0. The molecule has 2 rings (SSSR count). The average molecular weight is 383 g/mol. The Balaban J connectivity index is 1.84. The Morgan fingerprint density at radius 1 is 1.11 bits per heavy atom. The number of carbonyl (C=O) groups is 1. The van der Waals surface area contributed by atoms with E-state index in [9.17, 15) is 9.90 Å². The van der Waals surface area contributed by atoms with Gasteiger partial charge in [0.15, 0.2) is 5.96 Å². The molecule has 0 saturated carbocycles. The maximum Gasteiger partial charge on any atom is 0.253 e. The number of rotatable bonds is 8. The molecule has 0 aliphatic heterocycles. The van der Waals surface area contributed by atoms with Crippen LogP contribution in [0.5, 0.6) is 0 Å². The predicted molar refractivity (Wildman–Crippen MR) is 114 cm³/mol. The third-order valence-electron chi connectivity index (χ3n) is 4.52. The fourth-order valence-electron chi connectivity index (χ4n) is 2.90. The molecule has 2 aromatic rings. The number of aliphatic hydroxyl groups excluding tert-OH is 1. The zero-order valence-corrected chi connectivity index (χ0v) is 16.9. The SMILES string of the molecule is CN=C(NCCc1cccc(C(=O)N(C)C)c1)NCC(CO)c1ccccc1. The normalized spacial score (nSPS) is 12.4. The Labute approximate surface area is 167 Å². The van der Waals surface area contributed by atoms with Crippen molar-refractivity contribution in [2.24, 2.45) is 4.99 Å². The van der Waals surface area contributed by atoms with Crippen LogP contribution >= 0.6 is 0 Å². The van der Waals surface area contributed by atoms with Crippen molar-refractivity contribution in [2.75, 3.05) is 40.8 Å². The summed E-state index contributed by atoms with van der Waals surface area (Å²) >= 11 is 0. The van der Waals surface area contributed by atoms with E-state index in [1.165, 1.54) is 0 Å². The van der Waals surface area contributed by atoms with E-state index >= 15 is 0 Å². The van der Waals surface area contributed by atoms with E-state index in [1.54, 1.807) is 26.0 Å². The van der Waals surface area contributed by atoms with E-state index in [0.29, 0.717) is 24.6 Å². The summed E-state index contributed by atoms with van der Waals surface area (Å²) in [5, 5.41) is 16.2. The fourth-order valence-corrected chi connectivity index (χ4v) is 2.90. The molecule has 0 aliphatic rings. The molecule has 0 aliphatic carbocycles. The first-order valence-electron chi connectivity index (χ1n) is 9.46. The molecule has 0 radical (unpaired) electrons. The first kappa shape index (κ1) is 21.4. The lowest BCUT2D eigenvalue weighted by Gasteiger charge is -2.18. The van der Waals surface area contributed by atoms with E-state index in [2.05, 4.69) is 15.6 Å². The van der Waals surface area contributed by atoms with Gasteiger partial charge >= 0.3 is 0 Å². The number of hydrogen-bond donors (Lipinski definition) is 3. The van der Waals surface area contributed by atoms with Gasteiger partial charge in [-0.2, -0.15) is 0 Å². The standard InChI is InChI=1S/C22H30N4O2/c1-23-22(25-15-20(16-27)18-9-5-4-6-10-18)24-13-12-17-8-7-11-19(14-17)21(28)26(2)3/h4-11,14,20,27H,12-13,15-16H2,1-3H3,(H2,23,24,25). The highest BCUT2D eigenvalue weighted by atomic mass is 16.3. The number of nitrogens with zero attached hydrogens (tertiary/aromatic N) is 2. The smallest absolute Gasteiger partial charge is 0.253 e. The molecule has 6 nitrogen and oxygen atoms in total. The lowest BCUT2D eigenvalue weighted by Crippen LogP contribution is -2.40. The van der Waals surface area contributed by atoms with Crippen molar-refractivity contribution >= 4 is 11.9 Å². The van der Waals surface area contributed by atoms with E-state index in [-0.39, 0.29) is 18.4 Å². The minimum absolute atomic E-state index is 0.00300. The van der Waals surface area contributed by atoms with Gasteiger partial charge in [0, 0.05) is 45.7 Å². The van der Waals surface area contributed by atoms with Crippen molar-refractivity contribution < 1.29 is 9.90 Å². The van der Waals surface area contributed by atoms with Crippen LogP contribution in [0.4, 0.5) is 0 Å². The first-order chi connectivity index (χ1) is 13.5. The highest BCUT2D eigenvalue weighted by Gasteiger charge is 2.11. The number of aliphatic hydroxyl groups is 1. The van der Waals surface area contributed by atoms with Crippen LogP contribution in [0, 0.1) is 0 Å². The summed E-state index contributed by atoms with van der Waals surface area (Å²) in [6.07, 6.45) is 0.775. The molecule has 0 bridgehead atoms. The Morgan fingerprint density at radius 3 is 2.50 bits per heavy atom. The molecule has 1 unspecified atom stereocenters. The quantitative estimate of drug-likeness (QED) is 0.481. The number of guanidine groups is 1. The molecule has 150 valence electrons. The van der Waals surface area contributed by atoms with Gasteiger partial charge in [-0.1, -0.05) is 42.5 Å². The van der Waals surface area contributed by atoms with Crippen LogP contribution in [-0.4, -0.2) is 62.7 Å². The van der Waals surface area contributed by atoms with Gasteiger partial charge in [-0.3, -0.25) is 9.79 Å². The van der Waals surface area contributed by atoms with Gasteiger partial charge in [-0.05, 0) is 29.7 Å². The van der Waals surface area contributed by atoms with Gasteiger partial charge < -0.3 is 20.6 Å². The second-order valence-corrected chi connectivity index (χ2v) is 6.82. The monoisotopic (exact) mass is 382 g/mol. The van der Waals surface area contributed by atoms with Gasteiger partial charge in [0.1, 0.15) is 0 Å². The minimum atomic E-state index is 0.00300. The molecule has 0 heterocycles. The number of nitrogens with one attached hydrogen (secondary N) is 2. The number of carbonyl (C=O) groups excluding carboxylic acids is 1. The molecule has 28 heavy (non-hydrogen) atoms. The molecule has 0 fully saturated rings. The average Bonchev–Trinajstić information content (AvgIpc) is 2.73. The minimum Gasteiger partial charge on any atom is -0.396 e. The van der Waals surface area contributed by atoms with Crippen LogP contribution in [0.1, 0.15) is 27.4 Å². The Morgan fingerprint density at radius 2 is 1.86 bits per heavy atom. The number of hydrogen-bond acceptors (Lipinski definition) is 3. The van der Waals surface area contributed by atoms with Crippen molar-refractivity contribution in [3.8, 4) is 0 Å². The highest BCUT2D eigenvalue weighted by Crippen LogP contribution is 2.13. The molecular weight excluding hydrogens is 352 g/mol. The van der Waals surface area contributed by atoms with Crippen LogP contribution in [0.2, 0.25) is 0 Å². The molecule has 2 aromatic carbocycles. The second-order valence-electron chi connectivity index (χ2n) is 6.82. The second kappa shape index (κ2) is 11.1. The molecule has 1 atom stereocenters. The third kappa shape index (κ3) is 6.39. The van der Waals surface area contributed by atoms with Crippen LogP contribution in [0.25, 0.3) is 0 Å². The molecule has 0 aromatic heterocycles. The molecule has 0 saturated heterocycles. The molecular formula is C22H30N4O2. The predicted octanol–water partition coefficient (Wildman–Crippen LogP) is 1.87.